The van der Waals surface area contributed by atoms with Gasteiger partial charge in [-0.3, -0.25) is 14.3 Å². The smallest absolute Gasteiger partial charge is 0.344 e. The standard InChI is InChI=1S/C20H14Cl2FN9O/c1-8(28-17-11(5-24)16(25)30-20(26)31-17)18-29-15-13(22)3-2-12(21)14(15)19(33)32(18)10-4-9(23)6-27-7-10/h2-4,6-8H,1H3,(H5,25,26,28,30,31)/p+1. The summed E-state index contributed by atoms with van der Waals surface area (Å²) in [6.45, 7) is 1.66. The largest absolute Gasteiger partial charge is 0.372 e. The fourth-order valence-electron chi connectivity index (χ4n) is 3.33. The molecule has 0 saturated heterocycles. The molecular formula is C20H15Cl2FN9O+. The van der Waals surface area contributed by atoms with E-state index in [1.54, 1.807) is 6.92 Å². The van der Waals surface area contributed by atoms with Crippen LogP contribution in [0.25, 0.3) is 16.6 Å². The van der Waals surface area contributed by atoms with Crippen LogP contribution in [-0.2, 0) is 0 Å². The van der Waals surface area contributed by atoms with Crippen LogP contribution in [0.5, 0.6) is 0 Å². The Morgan fingerprint density at radius 3 is 2.67 bits per heavy atom. The first-order valence-electron chi connectivity index (χ1n) is 9.37. The third-order valence-electron chi connectivity index (χ3n) is 4.76. The van der Waals surface area contributed by atoms with Crippen LogP contribution in [0.4, 0.5) is 22.0 Å². The number of pyridine rings is 1. The van der Waals surface area contributed by atoms with E-state index >= 15 is 0 Å². The van der Waals surface area contributed by atoms with Gasteiger partial charge >= 0.3 is 5.95 Å². The van der Waals surface area contributed by atoms with E-state index in [1.165, 1.54) is 18.3 Å². The van der Waals surface area contributed by atoms with Crippen molar-refractivity contribution in [2.24, 2.45) is 0 Å². The molecule has 0 spiro atoms. The molecule has 1 atom stereocenters. The van der Waals surface area contributed by atoms with Crippen LogP contribution >= 0.6 is 23.2 Å². The van der Waals surface area contributed by atoms with E-state index in [2.05, 4.69) is 25.3 Å². The van der Waals surface area contributed by atoms with Gasteiger partial charge in [0.15, 0.2) is 5.56 Å². The second-order valence-electron chi connectivity index (χ2n) is 6.96. The number of hydrogen-bond acceptors (Lipinski definition) is 8. The number of nitrogen functional groups attached to an aromatic ring is 2. The van der Waals surface area contributed by atoms with Crippen LogP contribution in [0.2, 0.25) is 10.0 Å². The molecule has 6 N–H and O–H groups in total. The van der Waals surface area contributed by atoms with E-state index in [9.17, 15) is 14.4 Å². The molecule has 166 valence electrons. The van der Waals surface area contributed by atoms with Crippen molar-refractivity contribution in [3.63, 3.8) is 0 Å². The van der Waals surface area contributed by atoms with Crippen molar-refractivity contribution in [3.05, 3.63) is 68.2 Å². The molecule has 0 aliphatic rings. The number of aromatic amines is 1. The Labute approximate surface area is 195 Å². The van der Waals surface area contributed by atoms with E-state index in [0.717, 1.165) is 16.8 Å². The Morgan fingerprint density at radius 2 is 1.97 bits per heavy atom. The van der Waals surface area contributed by atoms with Gasteiger partial charge in [0.25, 0.3) is 5.56 Å². The molecular weight excluding hydrogens is 472 g/mol. The molecule has 0 aliphatic carbocycles. The van der Waals surface area contributed by atoms with Crippen LogP contribution in [0.1, 0.15) is 24.4 Å². The lowest BCUT2D eigenvalue weighted by Crippen LogP contribution is -2.30. The fourth-order valence-corrected chi connectivity index (χ4v) is 3.77. The molecule has 3 heterocycles. The van der Waals surface area contributed by atoms with Crippen molar-refractivity contribution in [2.75, 3.05) is 16.8 Å². The summed E-state index contributed by atoms with van der Waals surface area (Å²) in [5.74, 6) is -0.482. The minimum absolute atomic E-state index is 0.0132. The third kappa shape index (κ3) is 3.97. The Bertz CT molecular complexity index is 1520. The number of nitriles is 1. The molecule has 0 fully saturated rings. The number of nitrogens with zero attached hydrogens (tertiary/aromatic N) is 5. The first-order chi connectivity index (χ1) is 15.7. The van der Waals surface area contributed by atoms with Gasteiger partial charge in [-0.05, 0) is 19.1 Å². The van der Waals surface area contributed by atoms with Crippen LogP contribution in [0.3, 0.4) is 0 Å². The predicted octanol–water partition coefficient (Wildman–Crippen LogP) is 2.64. The number of nitrogens with two attached hydrogens (primary N) is 2. The Kier molecular flexibility index (Phi) is 5.71. The molecule has 4 rings (SSSR count). The van der Waals surface area contributed by atoms with Crippen LogP contribution in [-0.4, -0.2) is 19.5 Å². The van der Waals surface area contributed by atoms with E-state index in [0.29, 0.717) is 0 Å². The molecule has 10 nitrogen and oxygen atoms in total. The van der Waals surface area contributed by atoms with E-state index in [1.807, 2.05) is 6.07 Å². The maximum atomic E-state index is 14.0. The quantitative estimate of drug-likeness (QED) is 0.396. The first kappa shape index (κ1) is 22.2. The summed E-state index contributed by atoms with van der Waals surface area (Å²) in [5, 5.41) is 12.9. The summed E-state index contributed by atoms with van der Waals surface area (Å²) in [6.07, 6.45) is 2.31. The normalized spacial score (nSPS) is 11.8. The van der Waals surface area contributed by atoms with Crippen LogP contribution in [0.15, 0.2) is 35.4 Å². The van der Waals surface area contributed by atoms with Gasteiger partial charge in [-0.15, -0.1) is 0 Å². The number of anilines is 3. The molecule has 13 heteroatoms. The summed E-state index contributed by atoms with van der Waals surface area (Å²) in [7, 11) is 0. The molecule has 1 unspecified atom stereocenters. The summed E-state index contributed by atoms with van der Waals surface area (Å²) >= 11 is 12.6. The van der Waals surface area contributed by atoms with E-state index in [4.69, 9.17) is 34.7 Å². The van der Waals surface area contributed by atoms with Gasteiger partial charge < -0.3 is 16.8 Å². The number of H-pyrrole nitrogens is 1. The Balaban J connectivity index is 1.99. The summed E-state index contributed by atoms with van der Waals surface area (Å²) < 4.78 is 15.1. The van der Waals surface area contributed by atoms with Gasteiger partial charge in [0.05, 0.1) is 39.0 Å². The van der Waals surface area contributed by atoms with Crippen molar-refractivity contribution in [2.45, 2.75) is 13.0 Å². The molecule has 0 bridgehead atoms. The number of fused-ring (bicyclic) bond motifs is 1. The molecule has 0 amide bonds. The van der Waals surface area contributed by atoms with Gasteiger partial charge in [0.1, 0.15) is 23.8 Å². The van der Waals surface area contributed by atoms with Crippen molar-refractivity contribution in [1.29, 1.82) is 5.26 Å². The van der Waals surface area contributed by atoms with E-state index in [-0.39, 0.29) is 55.6 Å². The number of nitrogens with one attached hydrogen (secondary N) is 2. The molecule has 0 radical (unpaired) electrons. The highest BCUT2D eigenvalue weighted by molar-refractivity contribution is 6.39. The van der Waals surface area contributed by atoms with Crippen molar-refractivity contribution in [3.8, 4) is 11.8 Å². The highest BCUT2D eigenvalue weighted by atomic mass is 35.5. The van der Waals surface area contributed by atoms with Crippen molar-refractivity contribution >= 4 is 51.7 Å². The van der Waals surface area contributed by atoms with Gasteiger partial charge in [-0.25, -0.2) is 14.4 Å². The zero-order valence-electron chi connectivity index (χ0n) is 16.9. The zero-order valence-corrected chi connectivity index (χ0v) is 18.4. The first-order valence-corrected chi connectivity index (χ1v) is 10.1. The van der Waals surface area contributed by atoms with E-state index < -0.39 is 17.4 Å². The number of rotatable bonds is 4. The second kappa shape index (κ2) is 8.50. The minimum atomic E-state index is -0.745. The molecule has 33 heavy (non-hydrogen) atoms. The molecule has 0 aliphatic heterocycles. The maximum absolute atomic E-state index is 14.0. The molecule has 1 aromatic carbocycles. The summed E-state index contributed by atoms with van der Waals surface area (Å²) in [4.78, 5) is 28.4. The number of benzene rings is 1. The summed E-state index contributed by atoms with van der Waals surface area (Å²) in [5.41, 5.74) is 11.2. The molecule has 4 aromatic rings. The number of halogens is 3. The van der Waals surface area contributed by atoms with Gasteiger partial charge in [-0.2, -0.15) is 5.26 Å². The average Bonchev–Trinajstić information content (AvgIpc) is 2.75. The van der Waals surface area contributed by atoms with Gasteiger partial charge in [0, 0.05) is 6.07 Å². The lowest BCUT2D eigenvalue weighted by atomic mass is 10.2. The average molecular weight is 487 g/mol. The lowest BCUT2D eigenvalue weighted by molar-refractivity contribution is -0.347. The number of hydrogen-bond donors (Lipinski definition) is 3. The minimum Gasteiger partial charge on any atom is -0.372 e. The Hall–Kier alpha value is -4.01. The monoisotopic (exact) mass is 486 g/mol. The molecule has 0 saturated carbocycles. The summed E-state index contributed by atoms with van der Waals surface area (Å²) in [6, 6.07) is 5.31. The predicted molar refractivity (Wildman–Crippen MR) is 121 cm³/mol. The number of aromatic nitrogens is 5. The van der Waals surface area contributed by atoms with Crippen LogP contribution < -0.4 is 27.3 Å². The van der Waals surface area contributed by atoms with Gasteiger partial charge in [-0.1, -0.05) is 28.2 Å². The van der Waals surface area contributed by atoms with Crippen molar-refractivity contribution in [1.82, 2.24) is 19.5 Å². The van der Waals surface area contributed by atoms with Crippen molar-refractivity contribution < 1.29 is 9.37 Å². The SMILES string of the molecule is CC(Nc1[nH+]c(N)nc(N)c1C#N)c1nc2c(Cl)ccc(Cl)c2c(=O)n1-c1cncc(F)c1. The third-order valence-corrected chi connectivity index (χ3v) is 5.38. The fraction of sp³-hybridized carbons (Fsp3) is 0.100. The zero-order chi connectivity index (χ0) is 23.9. The lowest BCUT2D eigenvalue weighted by Gasteiger charge is -2.19. The Morgan fingerprint density at radius 1 is 1.24 bits per heavy atom. The maximum Gasteiger partial charge on any atom is 0.344 e. The second-order valence-corrected chi connectivity index (χ2v) is 7.77. The topological polar surface area (TPSA) is 163 Å². The highest BCUT2D eigenvalue weighted by Crippen LogP contribution is 2.29. The highest BCUT2D eigenvalue weighted by Gasteiger charge is 2.25. The van der Waals surface area contributed by atoms with Crippen LogP contribution in [0, 0.1) is 17.1 Å². The van der Waals surface area contributed by atoms with Gasteiger partial charge in [0.2, 0.25) is 11.6 Å². The molecule has 3 aromatic heterocycles.